The number of amides is 1. The van der Waals surface area contributed by atoms with Gasteiger partial charge in [-0.1, -0.05) is 63.6 Å². The van der Waals surface area contributed by atoms with Gasteiger partial charge in [0.25, 0.3) is 10.0 Å². The molecule has 2 rings (SSSR count). The number of carbonyl (C=O) groups is 1. The third-order valence-electron chi connectivity index (χ3n) is 4.82. The molecule has 2 aromatic carbocycles. The monoisotopic (exact) mass is 436 g/mol. The van der Waals surface area contributed by atoms with Gasteiger partial charge in [-0.3, -0.25) is 9.10 Å². The van der Waals surface area contributed by atoms with E-state index in [0.29, 0.717) is 16.3 Å². The van der Waals surface area contributed by atoms with Crippen molar-refractivity contribution in [2.75, 3.05) is 10.8 Å². The van der Waals surface area contributed by atoms with Gasteiger partial charge in [-0.25, -0.2) is 8.42 Å². The molecule has 5 nitrogen and oxygen atoms in total. The van der Waals surface area contributed by atoms with Crippen LogP contribution < -0.4 is 9.62 Å². The first kappa shape index (κ1) is 23.2. The van der Waals surface area contributed by atoms with Crippen molar-refractivity contribution in [1.29, 1.82) is 0 Å². The number of carbonyl (C=O) groups excluding carboxylic acids is 1. The van der Waals surface area contributed by atoms with Crippen LogP contribution in [0.25, 0.3) is 0 Å². The fraction of sp³-hybridized carbons (Fsp3) is 0.409. The molecule has 0 unspecified atom stereocenters. The number of sulfonamides is 1. The Balaban J connectivity index is 2.46. The molecule has 0 saturated heterocycles. The number of benzene rings is 2. The van der Waals surface area contributed by atoms with Crippen molar-refractivity contribution < 1.29 is 13.2 Å². The second kappa shape index (κ2) is 9.63. The van der Waals surface area contributed by atoms with Gasteiger partial charge in [-0.2, -0.15) is 0 Å². The maximum atomic E-state index is 13.4. The second-order valence-electron chi connectivity index (χ2n) is 7.84. The average Bonchev–Trinajstić information content (AvgIpc) is 2.66. The number of nitrogens with zero attached hydrogens (tertiary/aromatic N) is 1. The average molecular weight is 437 g/mol. The van der Waals surface area contributed by atoms with Crippen molar-refractivity contribution in [3.63, 3.8) is 0 Å². The Bertz CT molecular complexity index is 936. The van der Waals surface area contributed by atoms with E-state index < -0.39 is 10.0 Å². The summed E-state index contributed by atoms with van der Waals surface area (Å²) < 4.78 is 27.9. The molecule has 0 aliphatic rings. The minimum absolute atomic E-state index is 0.0516. The fourth-order valence-electron chi connectivity index (χ4n) is 3.34. The van der Waals surface area contributed by atoms with Gasteiger partial charge in [0.05, 0.1) is 10.6 Å². The van der Waals surface area contributed by atoms with E-state index >= 15 is 0 Å². The van der Waals surface area contributed by atoms with Gasteiger partial charge in [-0.15, -0.1) is 0 Å². The molecule has 0 fully saturated rings. The summed E-state index contributed by atoms with van der Waals surface area (Å²) >= 11 is 6.14. The van der Waals surface area contributed by atoms with E-state index in [2.05, 4.69) is 5.32 Å². The van der Waals surface area contributed by atoms with Crippen LogP contribution in [0, 0.1) is 18.8 Å². The Morgan fingerprint density at radius 2 is 1.62 bits per heavy atom. The number of aryl methyl sites for hydroxylation is 1. The molecule has 0 atom stereocenters. The minimum Gasteiger partial charge on any atom is -0.351 e. The number of anilines is 1. The Hall–Kier alpha value is -2.05. The van der Waals surface area contributed by atoms with Crippen LogP contribution in [0.5, 0.6) is 0 Å². The number of hydrogen-bond donors (Lipinski definition) is 1. The molecule has 2 aromatic rings. The SMILES string of the molecule is Cc1ccc(Cl)cc1N(CC(=O)NC(C(C)C)C(C)C)S(=O)(=O)c1ccccc1. The lowest BCUT2D eigenvalue weighted by Crippen LogP contribution is -2.48. The highest BCUT2D eigenvalue weighted by Crippen LogP contribution is 2.29. The van der Waals surface area contributed by atoms with Gasteiger partial charge in [0, 0.05) is 11.1 Å². The molecule has 0 saturated carbocycles. The van der Waals surface area contributed by atoms with Crippen molar-refractivity contribution in [1.82, 2.24) is 5.32 Å². The van der Waals surface area contributed by atoms with Crippen molar-refractivity contribution in [3.8, 4) is 0 Å². The lowest BCUT2D eigenvalue weighted by Gasteiger charge is -2.29. The summed E-state index contributed by atoms with van der Waals surface area (Å²) in [6, 6.07) is 13.1. The molecule has 29 heavy (non-hydrogen) atoms. The number of rotatable bonds is 8. The predicted octanol–water partition coefficient (Wildman–Crippen LogP) is 4.64. The van der Waals surface area contributed by atoms with E-state index in [9.17, 15) is 13.2 Å². The molecule has 1 amide bonds. The predicted molar refractivity (Wildman–Crippen MR) is 119 cm³/mol. The largest absolute Gasteiger partial charge is 0.351 e. The van der Waals surface area contributed by atoms with E-state index in [1.165, 1.54) is 12.1 Å². The summed E-state index contributed by atoms with van der Waals surface area (Å²) in [4.78, 5) is 13.0. The van der Waals surface area contributed by atoms with E-state index in [1.54, 1.807) is 43.3 Å². The summed E-state index contributed by atoms with van der Waals surface area (Å²) in [5, 5.41) is 3.40. The summed E-state index contributed by atoms with van der Waals surface area (Å²) in [5.41, 5.74) is 1.10. The van der Waals surface area contributed by atoms with Crippen LogP contribution in [0.3, 0.4) is 0 Å². The zero-order valence-electron chi connectivity index (χ0n) is 17.5. The van der Waals surface area contributed by atoms with Crippen molar-refractivity contribution in [2.45, 2.75) is 45.6 Å². The normalized spacial score (nSPS) is 11.9. The molecule has 158 valence electrons. The maximum absolute atomic E-state index is 13.4. The van der Waals surface area contributed by atoms with Crippen LogP contribution in [0.15, 0.2) is 53.4 Å². The van der Waals surface area contributed by atoms with Crippen LogP contribution in [-0.2, 0) is 14.8 Å². The summed E-state index contributed by atoms with van der Waals surface area (Å²) in [5.74, 6) is 0.105. The Morgan fingerprint density at radius 1 is 1.03 bits per heavy atom. The summed E-state index contributed by atoms with van der Waals surface area (Å²) in [6.45, 7) is 9.60. The maximum Gasteiger partial charge on any atom is 0.264 e. The Labute approximate surface area is 179 Å². The van der Waals surface area contributed by atoms with Crippen LogP contribution >= 0.6 is 11.6 Å². The molecule has 0 spiro atoms. The number of nitrogens with one attached hydrogen (secondary N) is 1. The Kier molecular flexibility index (Phi) is 7.72. The van der Waals surface area contributed by atoms with Crippen LogP contribution in [0.4, 0.5) is 5.69 Å². The van der Waals surface area contributed by atoms with Crippen molar-refractivity contribution in [2.24, 2.45) is 11.8 Å². The highest BCUT2D eigenvalue weighted by molar-refractivity contribution is 7.92. The van der Waals surface area contributed by atoms with Gasteiger partial charge in [0.2, 0.25) is 5.91 Å². The van der Waals surface area contributed by atoms with Crippen LogP contribution in [0.2, 0.25) is 5.02 Å². The van der Waals surface area contributed by atoms with Crippen LogP contribution in [0.1, 0.15) is 33.3 Å². The summed E-state index contributed by atoms with van der Waals surface area (Å²) in [6.07, 6.45) is 0. The highest BCUT2D eigenvalue weighted by atomic mass is 35.5. The third-order valence-corrected chi connectivity index (χ3v) is 6.83. The van der Waals surface area contributed by atoms with Crippen molar-refractivity contribution in [3.05, 3.63) is 59.1 Å². The van der Waals surface area contributed by atoms with Crippen LogP contribution in [-0.4, -0.2) is 26.9 Å². The topological polar surface area (TPSA) is 66.5 Å². The van der Waals surface area contributed by atoms with E-state index in [4.69, 9.17) is 11.6 Å². The molecule has 7 heteroatoms. The standard InChI is InChI=1S/C22H29ClN2O3S/c1-15(2)22(16(3)4)24-21(26)14-25(20-13-18(23)12-11-17(20)5)29(27,28)19-9-7-6-8-10-19/h6-13,15-16,22H,14H2,1-5H3,(H,24,26). The molecule has 0 bridgehead atoms. The third kappa shape index (κ3) is 5.73. The van der Waals surface area contributed by atoms with Gasteiger partial charge >= 0.3 is 0 Å². The molecule has 0 radical (unpaired) electrons. The lowest BCUT2D eigenvalue weighted by atomic mass is 9.93. The zero-order chi connectivity index (χ0) is 21.8. The van der Waals surface area contributed by atoms with E-state index in [1.807, 2.05) is 27.7 Å². The fourth-order valence-corrected chi connectivity index (χ4v) is 5.00. The number of hydrogen-bond acceptors (Lipinski definition) is 3. The van der Waals surface area contributed by atoms with E-state index in [0.717, 1.165) is 4.31 Å². The van der Waals surface area contributed by atoms with Gasteiger partial charge in [-0.05, 0) is 48.6 Å². The molecule has 0 aliphatic heterocycles. The molecule has 0 heterocycles. The van der Waals surface area contributed by atoms with E-state index in [-0.39, 0.29) is 35.2 Å². The quantitative estimate of drug-likeness (QED) is 0.655. The minimum atomic E-state index is -3.95. The van der Waals surface area contributed by atoms with Gasteiger partial charge < -0.3 is 5.32 Å². The first-order valence-electron chi connectivity index (χ1n) is 9.67. The molecule has 0 aromatic heterocycles. The number of halogens is 1. The Morgan fingerprint density at radius 3 is 2.17 bits per heavy atom. The molecular weight excluding hydrogens is 408 g/mol. The van der Waals surface area contributed by atoms with Crippen molar-refractivity contribution >= 4 is 33.2 Å². The highest BCUT2D eigenvalue weighted by Gasteiger charge is 2.29. The second-order valence-corrected chi connectivity index (χ2v) is 10.1. The first-order chi connectivity index (χ1) is 13.5. The smallest absolute Gasteiger partial charge is 0.264 e. The molecule has 0 aliphatic carbocycles. The van der Waals surface area contributed by atoms with Gasteiger partial charge in [0.15, 0.2) is 0 Å². The first-order valence-corrected chi connectivity index (χ1v) is 11.5. The zero-order valence-corrected chi connectivity index (χ0v) is 19.1. The van der Waals surface area contributed by atoms with Gasteiger partial charge in [0.1, 0.15) is 6.54 Å². The molecular formula is C22H29ClN2O3S. The lowest BCUT2D eigenvalue weighted by molar-refractivity contribution is -0.121. The molecule has 1 N–H and O–H groups in total. The summed E-state index contributed by atoms with van der Waals surface area (Å²) in [7, 11) is -3.95.